The first-order chi connectivity index (χ1) is 8.44. The zero-order chi connectivity index (χ0) is 13.6. The van der Waals surface area contributed by atoms with Gasteiger partial charge < -0.3 is 5.11 Å². The third-order valence-electron chi connectivity index (χ3n) is 2.30. The minimum absolute atomic E-state index is 0.0716. The number of nitrogens with one attached hydrogen (secondary N) is 1. The van der Waals surface area contributed by atoms with Crippen LogP contribution in [0, 0.1) is 0 Å². The Morgan fingerprint density at radius 3 is 2.61 bits per heavy atom. The van der Waals surface area contributed by atoms with E-state index in [0.29, 0.717) is 16.5 Å². The average Bonchev–Trinajstić information content (AvgIpc) is 2.29. The van der Waals surface area contributed by atoms with Crippen LogP contribution in [0.15, 0.2) is 18.2 Å². The summed E-state index contributed by atoms with van der Waals surface area (Å²) in [6, 6.07) is 5.11. The van der Waals surface area contributed by atoms with Gasteiger partial charge in [0.15, 0.2) is 0 Å². The molecule has 4 nitrogen and oxygen atoms in total. The van der Waals surface area contributed by atoms with Gasteiger partial charge in [0, 0.05) is 23.2 Å². The lowest BCUT2D eigenvalue weighted by molar-refractivity contribution is 0.295. The van der Waals surface area contributed by atoms with Crippen LogP contribution >= 0.6 is 23.2 Å². The molecule has 2 N–H and O–H groups in total. The van der Waals surface area contributed by atoms with E-state index >= 15 is 0 Å². The Labute approximate surface area is 117 Å². The number of hydrogen-bond donors (Lipinski definition) is 2. The first kappa shape index (κ1) is 15.7. The SMILES string of the molecule is O=S(=O)(CCCO)NCCc1ccc(Cl)cc1Cl. The Kier molecular flexibility index (Phi) is 6.38. The van der Waals surface area contributed by atoms with Gasteiger partial charge in [0.2, 0.25) is 10.0 Å². The minimum Gasteiger partial charge on any atom is -0.396 e. The minimum atomic E-state index is -3.31. The predicted octanol–water partition coefficient (Wildman–Crippen LogP) is 1.84. The van der Waals surface area contributed by atoms with E-state index in [0.717, 1.165) is 5.56 Å². The molecule has 0 heterocycles. The first-order valence-corrected chi connectivity index (χ1v) is 7.87. The number of rotatable bonds is 7. The highest BCUT2D eigenvalue weighted by Gasteiger charge is 2.09. The van der Waals surface area contributed by atoms with Gasteiger partial charge >= 0.3 is 0 Å². The number of aliphatic hydroxyl groups excluding tert-OH is 1. The Morgan fingerprint density at radius 2 is 2.00 bits per heavy atom. The topological polar surface area (TPSA) is 66.4 Å². The quantitative estimate of drug-likeness (QED) is 0.807. The molecular weight excluding hydrogens is 297 g/mol. The molecule has 1 aromatic rings. The van der Waals surface area contributed by atoms with Crippen molar-refractivity contribution in [2.45, 2.75) is 12.8 Å². The average molecular weight is 312 g/mol. The summed E-state index contributed by atoms with van der Waals surface area (Å²) in [6.45, 7) is 0.138. The van der Waals surface area contributed by atoms with Crippen LogP contribution < -0.4 is 4.72 Å². The molecule has 18 heavy (non-hydrogen) atoms. The zero-order valence-corrected chi connectivity index (χ0v) is 12.0. The maximum Gasteiger partial charge on any atom is 0.211 e. The fourth-order valence-electron chi connectivity index (χ4n) is 1.39. The van der Waals surface area contributed by atoms with Crippen LogP contribution in [-0.2, 0) is 16.4 Å². The molecule has 1 aromatic carbocycles. The molecule has 0 aliphatic rings. The summed E-state index contributed by atoms with van der Waals surface area (Å²) in [6.07, 6.45) is 0.728. The molecule has 0 saturated carbocycles. The molecular formula is C11H15Cl2NO3S. The smallest absolute Gasteiger partial charge is 0.211 e. The van der Waals surface area contributed by atoms with Crippen LogP contribution in [0.2, 0.25) is 10.0 Å². The predicted molar refractivity (Wildman–Crippen MR) is 73.7 cm³/mol. The summed E-state index contributed by atoms with van der Waals surface area (Å²) in [5.41, 5.74) is 0.839. The Hall–Kier alpha value is -0.330. The van der Waals surface area contributed by atoms with Crippen LogP contribution in [-0.4, -0.2) is 32.4 Å². The summed E-state index contributed by atoms with van der Waals surface area (Å²) in [5.74, 6) is -0.0716. The van der Waals surface area contributed by atoms with Gasteiger partial charge in [-0.3, -0.25) is 0 Å². The van der Waals surface area contributed by atoms with Crippen molar-refractivity contribution in [3.05, 3.63) is 33.8 Å². The molecule has 0 aromatic heterocycles. The molecule has 0 unspecified atom stereocenters. The van der Waals surface area contributed by atoms with Crippen LogP contribution in [0.4, 0.5) is 0 Å². The number of hydrogen-bond acceptors (Lipinski definition) is 3. The van der Waals surface area contributed by atoms with Crippen LogP contribution in [0.25, 0.3) is 0 Å². The highest BCUT2D eigenvalue weighted by Crippen LogP contribution is 2.21. The van der Waals surface area contributed by atoms with Crippen molar-refractivity contribution in [2.24, 2.45) is 0 Å². The number of aliphatic hydroxyl groups is 1. The molecule has 0 amide bonds. The second-order valence-electron chi connectivity index (χ2n) is 3.78. The summed E-state index contributed by atoms with van der Waals surface area (Å²) in [4.78, 5) is 0. The van der Waals surface area contributed by atoms with Crippen LogP contribution in [0.1, 0.15) is 12.0 Å². The van der Waals surface area contributed by atoms with E-state index in [1.54, 1.807) is 18.2 Å². The molecule has 0 saturated heterocycles. The van der Waals surface area contributed by atoms with Gasteiger partial charge in [-0.05, 0) is 30.5 Å². The number of halogens is 2. The van der Waals surface area contributed by atoms with Crippen LogP contribution in [0.5, 0.6) is 0 Å². The Bertz CT molecular complexity index is 491. The maximum absolute atomic E-state index is 11.4. The van der Waals surface area contributed by atoms with Crippen molar-refractivity contribution >= 4 is 33.2 Å². The van der Waals surface area contributed by atoms with Gasteiger partial charge in [0.05, 0.1) is 5.75 Å². The molecule has 1 rings (SSSR count). The molecule has 0 atom stereocenters. The van der Waals surface area contributed by atoms with Crippen molar-refractivity contribution < 1.29 is 13.5 Å². The van der Waals surface area contributed by atoms with E-state index in [9.17, 15) is 8.42 Å². The number of sulfonamides is 1. The van der Waals surface area contributed by atoms with Gasteiger partial charge in [-0.2, -0.15) is 0 Å². The van der Waals surface area contributed by atoms with Crippen molar-refractivity contribution in [1.29, 1.82) is 0 Å². The van der Waals surface area contributed by atoms with Gasteiger partial charge in [-0.15, -0.1) is 0 Å². The van der Waals surface area contributed by atoms with Gasteiger partial charge in [-0.1, -0.05) is 29.3 Å². The summed E-state index contributed by atoms with van der Waals surface area (Å²) >= 11 is 11.7. The molecule has 0 aliphatic carbocycles. The van der Waals surface area contributed by atoms with Crippen molar-refractivity contribution in [1.82, 2.24) is 4.72 Å². The lowest BCUT2D eigenvalue weighted by atomic mass is 10.1. The molecule has 7 heteroatoms. The molecule has 0 spiro atoms. The van der Waals surface area contributed by atoms with Gasteiger partial charge in [0.25, 0.3) is 0 Å². The summed E-state index contributed by atoms with van der Waals surface area (Å²) in [5, 5.41) is 9.65. The first-order valence-electron chi connectivity index (χ1n) is 5.47. The molecule has 102 valence electrons. The molecule has 0 aliphatic heterocycles. The molecule has 0 fully saturated rings. The highest BCUT2D eigenvalue weighted by molar-refractivity contribution is 7.89. The van der Waals surface area contributed by atoms with E-state index in [-0.39, 0.29) is 25.3 Å². The zero-order valence-electron chi connectivity index (χ0n) is 9.70. The van der Waals surface area contributed by atoms with E-state index < -0.39 is 10.0 Å². The van der Waals surface area contributed by atoms with E-state index in [2.05, 4.69) is 4.72 Å². The van der Waals surface area contributed by atoms with Gasteiger partial charge in [-0.25, -0.2) is 13.1 Å². The second kappa shape index (κ2) is 7.31. The third kappa shape index (κ3) is 5.54. The summed E-state index contributed by atoms with van der Waals surface area (Å²) in [7, 11) is -3.31. The normalized spacial score (nSPS) is 11.7. The van der Waals surface area contributed by atoms with Crippen LogP contribution in [0.3, 0.4) is 0 Å². The Morgan fingerprint density at radius 1 is 1.28 bits per heavy atom. The lowest BCUT2D eigenvalue weighted by Crippen LogP contribution is -2.28. The second-order valence-corrected chi connectivity index (χ2v) is 6.55. The van der Waals surface area contributed by atoms with Crippen molar-refractivity contribution in [2.75, 3.05) is 18.9 Å². The maximum atomic E-state index is 11.4. The molecule has 0 bridgehead atoms. The fourth-order valence-corrected chi connectivity index (χ4v) is 2.96. The third-order valence-corrected chi connectivity index (χ3v) is 4.36. The van der Waals surface area contributed by atoms with Crippen molar-refractivity contribution in [3.8, 4) is 0 Å². The monoisotopic (exact) mass is 311 g/mol. The fraction of sp³-hybridized carbons (Fsp3) is 0.455. The largest absolute Gasteiger partial charge is 0.396 e. The van der Waals surface area contributed by atoms with Gasteiger partial charge in [0.1, 0.15) is 0 Å². The van der Waals surface area contributed by atoms with E-state index in [1.807, 2.05) is 0 Å². The van der Waals surface area contributed by atoms with E-state index in [1.165, 1.54) is 0 Å². The molecule has 0 radical (unpaired) electrons. The Balaban J connectivity index is 2.46. The highest BCUT2D eigenvalue weighted by atomic mass is 35.5. The van der Waals surface area contributed by atoms with Crippen molar-refractivity contribution in [3.63, 3.8) is 0 Å². The van der Waals surface area contributed by atoms with E-state index in [4.69, 9.17) is 28.3 Å². The standard InChI is InChI=1S/C11H15Cl2NO3S/c12-10-3-2-9(11(13)8-10)4-5-14-18(16,17)7-1-6-15/h2-3,8,14-15H,1,4-7H2. The lowest BCUT2D eigenvalue weighted by Gasteiger charge is -2.07. The summed E-state index contributed by atoms with van der Waals surface area (Å²) < 4.78 is 25.3. The number of benzene rings is 1.